The summed E-state index contributed by atoms with van der Waals surface area (Å²) in [5.41, 5.74) is 4.56. The minimum Gasteiger partial charge on any atom is -0.352 e. The second kappa shape index (κ2) is 8.10. The molecule has 0 spiro atoms. The van der Waals surface area contributed by atoms with Gasteiger partial charge in [0.05, 0.1) is 10.2 Å². The summed E-state index contributed by atoms with van der Waals surface area (Å²) in [6, 6.07) is 12.0. The number of nitrogens with one attached hydrogen (secondary N) is 1. The van der Waals surface area contributed by atoms with Crippen LogP contribution >= 0.6 is 22.9 Å². The monoisotopic (exact) mass is 413 g/mol. The number of carbonyl (C=O) groups excluding carboxylic acids is 1. The SMILES string of the molecule is Cc1cc(C)c2nc(N3CCC(C(=O)NCc4ccccc4Cl)CC3)sc2c1. The van der Waals surface area contributed by atoms with Crippen molar-refractivity contribution in [3.63, 3.8) is 0 Å². The van der Waals surface area contributed by atoms with E-state index in [4.69, 9.17) is 16.6 Å². The maximum atomic E-state index is 12.6. The van der Waals surface area contributed by atoms with Gasteiger partial charge in [0.15, 0.2) is 5.13 Å². The summed E-state index contributed by atoms with van der Waals surface area (Å²) in [5.74, 6) is 0.174. The Hall–Kier alpha value is -2.11. The van der Waals surface area contributed by atoms with Gasteiger partial charge in [-0.2, -0.15) is 0 Å². The Balaban J connectivity index is 1.36. The van der Waals surface area contributed by atoms with E-state index in [1.807, 2.05) is 24.3 Å². The summed E-state index contributed by atoms with van der Waals surface area (Å²) in [7, 11) is 0. The van der Waals surface area contributed by atoms with Crippen molar-refractivity contribution in [2.24, 2.45) is 5.92 Å². The van der Waals surface area contributed by atoms with Gasteiger partial charge in [-0.3, -0.25) is 4.79 Å². The average Bonchev–Trinajstić information content (AvgIpc) is 3.11. The van der Waals surface area contributed by atoms with Crippen LogP contribution in [0.15, 0.2) is 36.4 Å². The van der Waals surface area contributed by atoms with Crippen molar-refractivity contribution in [1.82, 2.24) is 10.3 Å². The highest BCUT2D eigenvalue weighted by Gasteiger charge is 2.26. The van der Waals surface area contributed by atoms with Gasteiger partial charge in [0.2, 0.25) is 5.91 Å². The molecule has 1 saturated heterocycles. The summed E-state index contributed by atoms with van der Waals surface area (Å²) in [6.45, 7) is 6.45. The van der Waals surface area contributed by atoms with Gasteiger partial charge in [-0.15, -0.1) is 0 Å². The van der Waals surface area contributed by atoms with E-state index in [0.717, 1.165) is 42.1 Å². The number of aryl methyl sites for hydroxylation is 2. The highest BCUT2D eigenvalue weighted by Crippen LogP contribution is 2.33. The molecule has 6 heteroatoms. The molecule has 0 unspecified atom stereocenters. The number of rotatable bonds is 4. The molecule has 1 fully saturated rings. The molecule has 1 aliphatic rings. The number of halogens is 1. The molecule has 2 aromatic carbocycles. The molecule has 4 rings (SSSR count). The van der Waals surface area contributed by atoms with Crippen LogP contribution in [0.1, 0.15) is 29.5 Å². The van der Waals surface area contributed by atoms with Crippen LogP contribution in [0.25, 0.3) is 10.2 Å². The van der Waals surface area contributed by atoms with Gasteiger partial charge < -0.3 is 10.2 Å². The lowest BCUT2D eigenvalue weighted by Gasteiger charge is -2.31. The second-order valence-electron chi connectivity index (χ2n) is 7.50. The molecule has 1 amide bonds. The van der Waals surface area contributed by atoms with Gasteiger partial charge in [0.1, 0.15) is 0 Å². The summed E-state index contributed by atoms with van der Waals surface area (Å²) < 4.78 is 1.24. The summed E-state index contributed by atoms with van der Waals surface area (Å²) in [5, 5.41) is 4.81. The minimum absolute atomic E-state index is 0.0529. The first-order chi connectivity index (χ1) is 13.5. The van der Waals surface area contributed by atoms with Crippen LogP contribution in [0.5, 0.6) is 0 Å². The van der Waals surface area contributed by atoms with Crippen LogP contribution in [-0.2, 0) is 11.3 Å². The van der Waals surface area contributed by atoms with Crippen LogP contribution in [0, 0.1) is 19.8 Å². The molecule has 0 atom stereocenters. The fraction of sp³-hybridized carbons (Fsp3) is 0.364. The number of fused-ring (bicyclic) bond motifs is 1. The fourth-order valence-electron chi connectivity index (χ4n) is 3.80. The molecule has 1 N–H and O–H groups in total. The lowest BCUT2D eigenvalue weighted by Crippen LogP contribution is -2.40. The Kier molecular flexibility index (Phi) is 5.56. The van der Waals surface area contributed by atoms with Crippen molar-refractivity contribution in [3.8, 4) is 0 Å². The number of hydrogen-bond acceptors (Lipinski definition) is 4. The summed E-state index contributed by atoms with van der Waals surface area (Å²) in [6.07, 6.45) is 1.70. The predicted molar refractivity (Wildman–Crippen MR) is 117 cm³/mol. The van der Waals surface area contributed by atoms with E-state index >= 15 is 0 Å². The first-order valence-electron chi connectivity index (χ1n) is 9.65. The topological polar surface area (TPSA) is 45.2 Å². The third kappa shape index (κ3) is 4.01. The standard InChI is InChI=1S/C22H24ClN3OS/c1-14-11-15(2)20-19(12-14)28-22(25-20)26-9-7-16(8-10-26)21(27)24-13-17-5-3-4-6-18(17)23/h3-6,11-12,16H,7-10,13H2,1-2H3,(H,24,27). The first kappa shape index (κ1) is 19.2. The molecule has 4 nitrogen and oxygen atoms in total. The van der Waals surface area contributed by atoms with Crippen molar-refractivity contribution < 1.29 is 4.79 Å². The fourth-order valence-corrected chi connectivity index (χ4v) is 5.19. The zero-order valence-corrected chi connectivity index (χ0v) is 17.7. The number of amides is 1. The van der Waals surface area contributed by atoms with Crippen molar-refractivity contribution in [1.29, 1.82) is 0 Å². The van der Waals surface area contributed by atoms with Crippen molar-refractivity contribution in [2.75, 3.05) is 18.0 Å². The van der Waals surface area contributed by atoms with E-state index in [0.29, 0.717) is 11.6 Å². The van der Waals surface area contributed by atoms with Gasteiger partial charge in [-0.05, 0) is 55.5 Å². The lowest BCUT2D eigenvalue weighted by atomic mass is 9.96. The predicted octanol–water partition coefficient (Wildman–Crippen LogP) is 5.10. The number of aromatic nitrogens is 1. The van der Waals surface area contributed by atoms with Gasteiger partial charge >= 0.3 is 0 Å². The molecule has 0 aliphatic carbocycles. The maximum absolute atomic E-state index is 12.6. The van der Waals surface area contributed by atoms with E-state index in [-0.39, 0.29) is 11.8 Å². The van der Waals surface area contributed by atoms with E-state index in [1.54, 1.807) is 11.3 Å². The molecular weight excluding hydrogens is 390 g/mol. The molecule has 0 saturated carbocycles. The molecule has 1 aliphatic heterocycles. The number of anilines is 1. The lowest BCUT2D eigenvalue weighted by molar-refractivity contribution is -0.125. The Morgan fingerprint density at radius 2 is 2.00 bits per heavy atom. The third-order valence-electron chi connectivity index (χ3n) is 5.37. The molecule has 146 valence electrons. The van der Waals surface area contributed by atoms with Gasteiger partial charge in [0.25, 0.3) is 0 Å². The largest absolute Gasteiger partial charge is 0.352 e. The van der Waals surface area contributed by atoms with Gasteiger partial charge in [0, 0.05) is 30.6 Å². The number of thiazole rings is 1. The molecule has 0 bridgehead atoms. The number of nitrogens with zero attached hydrogens (tertiary/aromatic N) is 2. The van der Waals surface area contributed by atoms with Crippen molar-refractivity contribution >= 4 is 44.2 Å². The van der Waals surface area contributed by atoms with E-state index in [1.165, 1.54) is 15.8 Å². The summed E-state index contributed by atoms with van der Waals surface area (Å²) >= 11 is 7.92. The van der Waals surface area contributed by atoms with E-state index in [2.05, 4.69) is 36.2 Å². The van der Waals surface area contributed by atoms with Gasteiger partial charge in [-0.25, -0.2) is 4.98 Å². The molecule has 0 radical (unpaired) electrons. The maximum Gasteiger partial charge on any atom is 0.223 e. The average molecular weight is 414 g/mol. The molecule has 2 heterocycles. The Morgan fingerprint density at radius 3 is 2.75 bits per heavy atom. The van der Waals surface area contributed by atoms with Crippen LogP contribution < -0.4 is 10.2 Å². The normalized spacial score (nSPS) is 15.2. The van der Waals surface area contributed by atoms with Crippen molar-refractivity contribution in [3.05, 3.63) is 58.1 Å². The quantitative estimate of drug-likeness (QED) is 0.647. The van der Waals surface area contributed by atoms with E-state index in [9.17, 15) is 4.79 Å². The molecule has 28 heavy (non-hydrogen) atoms. The first-order valence-corrected chi connectivity index (χ1v) is 10.8. The third-order valence-corrected chi connectivity index (χ3v) is 6.80. The molecule has 3 aromatic rings. The smallest absolute Gasteiger partial charge is 0.223 e. The zero-order valence-electron chi connectivity index (χ0n) is 16.2. The summed E-state index contributed by atoms with van der Waals surface area (Å²) in [4.78, 5) is 19.7. The highest BCUT2D eigenvalue weighted by atomic mass is 35.5. The van der Waals surface area contributed by atoms with Crippen LogP contribution in [0.4, 0.5) is 5.13 Å². The van der Waals surface area contributed by atoms with E-state index < -0.39 is 0 Å². The minimum atomic E-state index is 0.0529. The molecular formula is C22H24ClN3OS. The number of benzene rings is 2. The number of piperidine rings is 1. The Morgan fingerprint density at radius 1 is 1.25 bits per heavy atom. The Labute approximate surface area is 174 Å². The number of hydrogen-bond donors (Lipinski definition) is 1. The van der Waals surface area contributed by atoms with Crippen LogP contribution in [0.2, 0.25) is 5.02 Å². The number of carbonyl (C=O) groups is 1. The highest BCUT2D eigenvalue weighted by molar-refractivity contribution is 7.22. The van der Waals surface area contributed by atoms with Crippen LogP contribution in [-0.4, -0.2) is 24.0 Å². The Bertz CT molecular complexity index is 1010. The second-order valence-corrected chi connectivity index (χ2v) is 8.91. The van der Waals surface area contributed by atoms with Crippen molar-refractivity contribution in [2.45, 2.75) is 33.2 Å². The van der Waals surface area contributed by atoms with Gasteiger partial charge in [-0.1, -0.05) is 47.2 Å². The molecule has 1 aromatic heterocycles. The van der Waals surface area contributed by atoms with Crippen LogP contribution in [0.3, 0.4) is 0 Å². The zero-order chi connectivity index (χ0) is 19.7.